The highest BCUT2D eigenvalue weighted by molar-refractivity contribution is 7.14. The number of hydrogen-bond donors (Lipinski definition) is 2. The van der Waals surface area contributed by atoms with Crippen LogP contribution >= 0.6 is 22.7 Å². The van der Waals surface area contributed by atoms with Crippen LogP contribution in [0.1, 0.15) is 20.7 Å². The number of carboxylic acid groups (broad SMARTS) is 2. The molecule has 2 N–H and O–H groups in total. The third kappa shape index (κ3) is 3.08. The predicted molar refractivity (Wildman–Crippen MR) is 86.8 cm³/mol. The third-order valence-corrected chi connectivity index (χ3v) is 5.30. The van der Waals surface area contributed by atoms with E-state index in [0.717, 1.165) is 24.3 Å². The van der Waals surface area contributed by atoms with Gasteiger partial charge in [-0.05, 0) is 24.3 Å². The largest absolute Gasteiger partial charge is 0.478 e. The average molecular weight is 402 g/mol. The Morgan fingerprint density at radius 1 is 0.692 bits per heavy atom. The number of thiophene rings is 2. The van der Waals surface area contributed by atoms with Gasteiger partial charge in [-0.3, -0.25) is 0 Å². The van der Waals surface area contributed by atoms with Gasteiger partial charge < -0.3 is 10.2 Å². The van der Waals surface area contributed by atoms with Crippen molar-refractivity contribution in [2.75, 3.05) is 0 Å². The molecule has 0 saturated carbocycles. The average Bonchev–Trinajstić information content (AvgIpc) is 3.08. The van der Waals surface area contributed by atoms with E-state index in [4.69, 9.17) is 0 Å². The topological polar surface area (TPSA) is 74.6 Å². The molecule has 0 amide bonds. The van der Waals surface area contributed by atoms with Gasteiger partial charge in [-0.2, -0.15) is 8.78 Å². The van der Waals surface area contributed by atoms with Crippen LogP contribution in [0.15, 0.2) is 24.3 Å². The van der Waals surface area contributed by atoms with Gasteiger partial charge in [0.05, 0.1) is 11.1 Å². The lowest BCUT2D eigenvalue weighted by molar-refractivity contribution is 0.0682. The van der Waals surface area contributed by atoms with E-state index >= 15 is 0 Å². The maximum absolute atomic E-state index is 13.3. The Labute approximate surface area is 150 Å². The van der Waals surface area contributed by atoms with Gasteiger partial charge in [0, 0.05) is 20.9 Å². The van der Waals surface area contributed by atoms with Gasteiger partial charge in [-0.25, -0.2) is 18.4 Å². The molecule has 134 valence electrons. The highest BCUT2D eigenvalue weighted by Gasteiger charge is 2.24. The van der Waals surface area contributed by atoms with Gasteiger partial charge in [0.25, 0.3) is 0 Å². The zero-order valence-corrected chi connectivity index (χ0v) is 14.0. The van der Waals surface area contributed by atoms with E-state index in [-0.39, 0.29) is 20.9 Å². The van der Waals surface area contributed by atoms with E-state index in [1.807, 2.05) is 0 Å². The molecule has 1 aromatic carbocycles. The summed E-state index contributed by atoms with van der Waals surface area (Å²) in [5.41, 5.74) is -1.35. The van der Waals surface area contributed by atoms with Gasteiger partial charge in [-0.1, -0.05) is 0 Å². The van der Waals surface area contributed by atoms with Crippen molar-refractivity contribution >= 4 is 34.6 Å². The quantitative estimate of drug-likeness (QED) is 0.596. The standard InChI is InChI=1S/C16H6F4O4S2/c17-9-3-11(25-13(9)19)5-1-7(15(21)22)6(2-8(5)16(23)24)12-4-10(18)14(20)26-12/h1-4H,(H,21,22)(H,23,24). The van der Waals surface area contributed by atoms with Gasteiger partial charge in [0.1, 0.15) is 0 Å². The molecule has 0 aliphatic carbocycles. The molecule has 0 aliphatic rings. The van der Waals surface area contributed by atoms with Crippen molar-refractivity contribution in [3.8, 4) is 20.9 Å². The zero-order valence-electron chi connectivity index (χ0n) is 12.3. The molecule has 2 heterocycles. The van der Waals surface area contributed by atoms with E-state index in [0.29, 0.717) is 22.7 Å². The first-order valence-electron chi connectivity index (χ1n) is 6.74. The van der Waals surface area contributed by atoms with Crippen molar-refractivity contribution < 1.29 is 37.4 Å². The normalized spacial score (nSPS) is 10.9. The van der Waals surface area contributed by atoms with E-state index in [9.17, 15) is 37.4 Å². The second kappa shape index (κ2) is 6.54. The fourth-order valence-electron chi connectivity index (χ4n) is 2.32. The Bertz CT molecular complexity index is 932. The first-order valence-corrected chi connectivity index (χ1v) is 8.37. The van der Waals surface area contributed by atoms with Crippen molar-refractivity contribution in [1.82, 2.24) is 0 Å². The van der Waals surface area contributed by atoms with Crippen molar-refractivity contribution in [2.45, 2.75) is 0 Å². The minimum atomic E-state index is -1.50. The molecular weight excluding hydrogens is 396 g/mol. The summed E-state index contributed by atoms with van der Waals surface area (Å²) in [6.45, 7) is 0. The van der Waals surface area contributed by atoms with Gasteiger partial charge in [0.15, 0.2) is 11.6 Å². The molecule has 0 spiro atoms. The molecule has 0 aliphatic heterocycles. The molecule has 0 radical (unpaired) electrons. The molecule has 0 fully saturated rings. The second-order valence-electron chi connectivity index (χ2n) is 5.02. The first-order chi connectivity index (χ1) is 12.2. The van der Waals surface area contributed by atoms with Crippen molar-refractivity contribution in [3.63, 3.8) is 0 Å². The SMILES string of the molecule is O=C(O)c1cc(-c2cc(F)c(F)s2)c(C(=O)O)cc1-c1cc(F)c(F)s1. The van der Waals surface area contributed by atoms with Gasteiger partial charge >= 0.3 is 11.9 Å². The van der Waals surface area contributed by atoms with Crippen molar-refractivity contribution in [3.05, 3.63) is 57.3 Å². The van der Waals surface area contributed by atoms with Crippen LogP contribution in [0.25, 0.3) is 20.9 Å². The fraction of sp³-hybridized carbons (Fsp3) is 0. The van der Waals surface area contributed by atoms with E-state index in [2.05, 4.69) is 0 Å². The number of hydrogen-bond acceptors (Lipinski definition) is 4. The molecular formula is C16H6F4O4S2. The Morgan fingerprint density at radius 3 is 1.27 bits per heavy atom. The highest BCUT2D eigenvalue weighted by atomic mass is 32.1. The smallest absolute Gasteiger partial charge is 0.336 e. The van der Waals surface area contributed by atoms with Gasteiger partial charge in [-0.15, -0.1) is 22.7 Å². The highest BCUT2D eigenvalue weighted by Crippen LogP contribution is 2.39. The number of carbonyl (C=O) groups is 2. The summed E-state index contributed by atoms with van der Waals surface area (Å²) in [6, 6.07) is 3.33. The lowest BCUT2D eigenvalue weighted by Gasteiger charge is -2.10. The Kier molecular flexibility index (Phi) is 4.55. The summed E-state index contributed by atoms with van der Waals surface area (Å²) in [6.07, 6.45) is 0. The van der Waals surface area contributed by atoms with Gasteiger partial charge in [0.2, 0.25) is 10.3 Å². The fourth-order valence-corrected chi connectivity index (χ4v) is 3.90. The second-order valence-corrected chi connectivity index (χ2v) is 7.02. The van der Waals surface area contributed by atoms with Crippen molar-refractivity contribution in [2.24, 2.45) is 0 Å². The molecule has 0 atom stereocenters. The molecule has 3 rings (SSSR count). The molecule has 3 aromatic rings. The molecule has 0 bridgehead atoms. The first kappa shape index (κ1) is 18.1. The summed E-state index contributed by atoms with van der Waals surface area (Å²) in [5, 5.41) is 16.4. The monoisotopic (exact) mass is 402 g/mol. The van der Waals surface area contributed by atoms with Crippen LogP contribution in [-0.2, 0) is 0 Å². The Morgan fingerprint density at radius 2 is 1.04 bits per heavy atom. The maximum Gasteiger partial charge on any atom is 0.336 e. The summed E-state index contributed by atoms with van der Waals surface area (Å²) < 4.78 is 53.2. The lowest BCUT2D eigenvalue weighted by atomic mass is 9.96. The number of benzene rings is 1. The number of aromatic carboxylic acids is 2. The summed E-state index contributed by atoms with van der Waals surface area (Å²) in [4.78, 5) is 22.8. The molecule has 10 heteroatoms. The summed E-state index contributed by atoms with van der Waals surface area (Å²) >= 11 is 0.625. The third-order valence-electron chi connectivity index (χ3n) is 3.44. The maximum atomic E-state index is 13.3. The zero-order chi connectivity index (χ0) is 19.2. The van der Waals surface area contributed by atoms with Crippen molar-refractivity contribution in [1.29, 1.82) is 0 Å². The van der Waals surface area contributed by atoms with Crippen LogP contribution in [-0.4, -0.2) is 22.2 Å². The van der Waals surface area contributed by atoms with Crippen LogP contribution in [0, 0.1) is 21.9 Å². The predicted octanol–water partition coefficient (Wildman–Crippen LogP) is 5.10. The van der Waals surface area contributed by atoms with E-state index in [1.165, 1.54) is 0 Å². The summed E-state index contributed by atoms with van der Waals surface area (Å²) in [7, 11) is 0. The molecule has 0 unspecified atom stereocenters. The molecule has 0 saturated heterocycles. The molecule has 26 heavy (non-hydrogen) atoms. The van der Waals surface area contributed by atoms with E-state index in [1.54, 1.807) is 0 Å². The Hall–Kier alpha value is -2.72. The minimum Gasteiger partial charge on any atom is -0.478 e. The van der Waals surface area contributed by atoms with Crippen LogP contribution in [0.4, 0.5) is 17.6 Å². The number of rotatable bonds is 4. The molecule has 4 nitrogen and oxygen atoms in total. The van der Waals surface area contributed by atoms with Crippen LogP contribution < -0.4 is 0 Å². The lowest BCUT2D eigenvalue weighted by Crippen LogP contribution is -2.05. The van der Waals surface area contributed by atoms with Crippen LogP contribution in [0.2, 0.25) is 0 Å². The number of carboxylic acids is 2. The van der Waals surface area contributed by atoms with Crippen LogP contribution in [0.5, 0.6) is 0 Å². The minimum absolute atomic E-state index is 0.130. The Balaban J connectivity index is 2.32. The number of halogens is 4. The van der Waals surface area contributed by atoms with Crippen LogP contribution in [0.3, 0.4) is 0 Å². The molecule has 2 aromatic heterocycles. The summed E-state index contributed by atoms with van der Waals surface area (Å²) in [5.74, 6) is -5.40. The van der Waals surface area contributed by atoms with E-state index < -0.39 is 45.0 Å².